The number of para-hydroxylation sites is 2. The summed E-state index contributed by atoms with van der Waals surface area (Å²) < 4.78 is 14.7. The zero-order chi connectivity index (χ0) is 16.1. The first kappa shape index (κ1) is 14.9. The van der Waals surface area contributed by atoms with Crippen LogP contribution in [0.3, 0.4) is 0 Å². The molecular formula is C17H15FN4O. The molecule has 0 fully saturated rings. The number of benzene rings is 2. The maximum absolute atomic E-state index is 12.8. The van der Waals surface area contributed by atoms with Crippen LogP contribution in [0.5, 0.6) is 0 Å². The zero-order valence-electron chi connectivity index (χ0n) is 12.3. The summed E-state index contributed by atoms with van der Waals surface area (Å²) in [5.74, 6) is -0.500. The number of carbonyl (C=O) groups excluding carboxylic acids is 1. The molecule has 0 saturated carbocycles. The Balaban J connectivity index is 1.52. The summed E-state index contributed by atoms with van der Waals surface area (Å²) in [4.78, 5) is 16.1. The van der Waals surface area contributed by atoms with Crippen molar-refractivity contribution in [3.8, 4) is 0 Å². The molecular weight excluding hydrogens is 295 g/mol. The van der Waals surface area contributed by atoms with E-state index in [1.54, 1.807) is 18.5 Å². The minimum atomic E-state index is -0.307. The molecule has 0 aliphatic rings. The van der Waals surface area contributed by atoms with Gasteiger partial charge in [-0.15, -0.1) is 0 Å². The maximum atomic E-state index is 12.8. The summed E-state index contributed by atoms with van der Waals surface area (Å²) in [5.41, 5.74) is 5.07. The van der Waals surface area contributed by atoms with E-state index < -0.39 is 0 Å². The van der Waals surface area contributed by atoms with Gasteiger partial charge in [-0.1, -0.05) is 24.3 Å². The van der Waals surface area contributed by atoms with Gasteiger partial charge in [-0.2, -0.15) is 5.10 Å². The Morgan fingerprint density at radius 2 is 2.00 bits per heavy atom. The van der Waals surface area contributed by atoms with E-state index in [-0.39, 0.29) is 11.7 Å². The molecule has 1 aromatic heterocycles. The lowest BCUT2D eigenvalue weighted by Crippen LogP contribution is -2.19. The number of rotatable bonds is 5. The Bertz CT molecular complexity index is 839. The van der Waals surface area contributed by atoms with Gasteiger partial charge in [0.25, 0.3) is 0 Å². The van der Waals surface area contributed by atoms with Crippen molar-refractivity contribution in [1.82, 2.24) is 15.0 Å². The number of fused-ring (bicyclic) bond motifs is 1. The van der Waals surface area contributed by atoms with Crippen molar-refractivity contribution in [2.75, 3.05) is 0 Å². The van der Waals surface area contributed by atoms with E-state index in [0.29, 0.717) is 18.5 Å². The van der Waals surface area contributed by atoms with Gasteiger partial charge in [0, 0.05) is 13.0 Å². The second-order valence-electron chi connectivity index (χ2n) is 5.02. The molecule has 0 atom stereocenters. The predicted octanol–water partition coefficient (Wildman–Crippen LogP) is 2.72. The average molecular weight is 310 g/mol. The van der Waals surface area contributed by atoms with E-state index in [0.717, 1.165) is 11.0 Å². The fourth-order valence-electron chi connectivity index (χ4n) is 2.19. The Morgan fingerprint density at radius 1 is 1.22 bits per heavy atom. The van der Waals surface area contributed by atoms with Gasteiger partial charge >= 0.3 is 0 Å². The number of aryl methyl sites for hydroxylation is 1. The number of imidazole rings is 1. The van der Waals surface area contributed by atoms with Crippen molar-refractivity contribution in [1.29, 1.82) is 0 Å². The first-order valence-electron chi connectivity index (χ1n) is 7.20. The number of halogens is 1. The molecule has 23 heavy (non-hydrogen) atoms. The summed E-state index contributed by atoms with van der Waals surface area (Å²) in [5, 5.41) is 3.86. The number of aromatic nitrogens is 2. The molecule has 0 unspecified atom stereocenters. The van der Waals surface area contributed by atoms with E-state index in [1.165, 1.54) is 18.3 Å². The molecule has 2 aromatic carbocycles. The van der Waals surface area contributed by atoms with Gasteiger partial charge < -0.3 is 4.57 Å². The molecule has 1 N–H and O–H groups in total. The lowest BCUT2D eigenvalue weighted by atomic mass is 10.2. The van der Waals surface area contributed by atoms with E-state index in [1.807, 2.05) is 28.8 Å². The van der Waals surface area contributed by atoms with Crippen molar-refractivity contribution < 1.29 is 9.18 Å². The molecule has 0 saturated heterocycles. The Morgan fingerprint density at radius 3 is 2.83 bits per heavy atom. The van der Waals surface area contributed by atoms with Crippen molar-refractivity contribution in [3.05, 3.63) is 66.2 Å². The van der Waals surface area contributed by atoms with Crippen molar-refractivity contribution in [2.45, 2.75) is 13.0 Å². The molecule has 0 bridgehead atoms. The number of nitrogens with zero attached hydrogens (tertiary/aromatic N) is 3. The maximum Gasteiger partial charge on any atom is 0.241 e. The minimum absolute atomic E-state index is 0.193. The number of amides is 1. The molecule has 0 radical (unpaired) electrons. The molecule has 3 rings (SSSR count). The first-order valence-corrected chi connectivity index (χ1v) is 7.20. The van der Waals surface area contributed by atoms with E-state index in [9.17, 15) is 9.18 Å². The summed E-state index contributed by atoms with van der Waals surface area (Å²) >= 11 is 0. The van der Waals surface area contributed by atoms with E-state index in [4.69, 9.17) is 0 Å². The third-order valence-electron chi connectivity index (χ3n) is 3.38. The molecule has 6 heteroatoms. The molecule has 1 heterocycles. The largest absolute Gasteiger partial charge is 0.330 e. The molecule has 1 amide bonds. The standard InChI is InChI=1S/C17H15FN4O/c18-14-7-5-13(6-8-14)11-20-21-17(23)9-10-22-12-19-15-3-1-2-4-16(15)22/h1-8,11-12H,9-10H2,(H,21,23)/b20-11+. The van der Waals surface area contributed by atoms with Crippen LogP contribution in [0.4, 0.5) is 4.39 Å². The van der Waals surface area contributed by atoms with Crippen LogP contribution in [0.2, 0.25) is 0 Å². The van der Waals surface area contributed by atoms with Crippen LogP contribution in [0.15, 0.2) is 60.0 Å². The van der Waals surface area contributed by atoms with Crippen molar-refractivity contribution in [3.63, 3.8) is 0 Å². The second kappa shape index (κ2) is 6.83. The summed E-state index contributed by atoms with van der Waals surface area (Å²) in [7, 11) is 0. The quantitative estimate of drug-likeness (QED) is 0.582. The second-order valence-corrected chi connectivity index (χ2v) is 5.02. The van der Waals surface area contributed by atoms with Crippen LogP contribution in [-0.2, 0) is 11.3 Å². The van der Waals surface area contributed by atoms with Crippen LogP contribution >= 0.6 is 0 Å². The van der Waals surface area contributed by atoms with Crippen LogP contribution in [0, 0.1) is 5.82 Å². The third kappa shape index (κ3) is 3.79. The van der Waals surface area contributed by atoms with Gasteiger partial charge in [-0.25, -0.2) is 14.8 Å². The Labute approximate surface area is 132 Å². The fourth-order valence-corrected chi connectivity index (χ4v) is 2.19. The van der Waals surface area contributed by atoms with Gasteiger partial charge in [0.05, 0.1) is 23.6 Å². The molecule has 0 aliphatic carbocycles. The molecule has 0 aliphatic heterocycles. The lowest BCUT2D eigenvalue weighted by molar-refractivity contribution is -0.121. The van der Waals surface area contributed by atoms with E-state index >= 15 is 0 Å². The third-order valence-corrected chi connectivity index (χ3v) is 3.38. The number of carbonyl (C=O) groups is 1. The van der Waals surface area contributed by atoms with Crippen LogP contribution in [-0.4, -0.2) is 21.7 Å². The molecule has 116 valence electrons. The van der Waals surface area contributed by atoms with Crippen molar-refractivity contribution >= 4 is 23.2 Å². The molecule has 3 aromatic rings. The summed E-state index contributed by atoms with van der Waals surface area (Å²) in [6.07, 6.45) is 3.49. The fraction of sp³-hybridized carbons (Fsp3) is 0.118. The number of hydrogen-bond donors (Lipinski definition) is 1. The zero-order valence-corrected chi connectivity index (χ0v) is 12.3. The molecule has 5 nitrogen and oxygen atoms in total. The summed E-state index contributed by atoms with van der Waals surface area (Å²) in [6, 6.07) is 13.6. The van der Waals surface area contributed by atoms with Crippen LogP contribution in [0.25, 0.3) is 11.0 Å². The topological polar surface area (TPSA) is 59.3 Å². The van der Waals surface area contributed by atoms with Crippen LogP contribution in [0.1, 0.15) is 12.0 Å². The van der Waals surface area contributed by atoms with Gasteiger partial charge in [0.15, 0.2) is 0 Å². The Kier molecular flexibility index (Phi) is 4.42. The normalized spacial score (nSPS) is 11.2. The highest BCUT2D eigenvalue weighted by molar-refractivity contribution is 5.82. The van der Waals surface area contributed by atoms with Gasteiger partial charge in [-0.3, -0.25) is 4.79 Å². The highest BCUT2D eigenvalue weighted by atomic mass is 19.1. The van der Waals surface area contributed by atoms with Gasteiger partial charge in [-0.05, 0) is 29.8 Å². The monoisotopic (exact) mass is 310 g/mol. The van der Waals surface area contributed by atoms with Crippen molar-refractivity contribution in [2.24, 2.45) is 5.10 Å². The molecule has 0 spiro atoms. The first-order chi connectivity index (χ1) is 11.2. The summed E-state index contributed by atoms with van der Waals surface area (Å²) in [6.45, 7) is 0.526. The number of hydrogen-bond acceptors (Lipinski definition) is 3. The van der Waals surface area contributed by atoms with Gasteiger partial charge in [0.1, 0.15) is 5.82 Å². The minimum Gasteiger partial charge on any atom is -0.330 e. The van der Waals surface area contributed by atoms with Gasteiger partial charge in [0.2, 0.25) is 5.91 Å². The smallest absolute Gasteiger partial charge is 0.241 e. The predicted molar refractivity (Wildman–Crippen MR) is 86.5 cm³/mol. The number of nitrogens with one attached hydrogen (secondary N) is 1. The Hall–Kier alpha value is -3.02. The van der Waals surface area contributed by atoms with E-state index in [2.05, 4.69) is 15.5 Å². The highest BCUT2D eigenvalue weighted by Gasteiger charge is 2.04. The SMILES string of the molecule is O=C(CCn1cnc2ccccc21)N/N=C/c1ccc(F)cc1. The highest BCUT2D eigenvalue weighted by Crippen LogP contribution is 2.11. The number of hydrazone groups is 1. The lowest BCUT2D eigenvalue weighted by Gasteiger charge is -2.03. The average Bonchev–Trinajstić information content (AvgIpc) is 2.98. The van der Waals surface area contributed by atoms with Crippen LogP contribution < -0.4 is 5.43 Å².